The van der Waals surface area contributed by atoms with Gasteiger partial charge in [0.05, 0.1) is 11.4 Å². The van der Waals surface area contributed by atoms with Gasteiger partial charge in [0.1, 0.15) is 5.58 Å². The summed E-state index contributed by atoms with van der Waals surface area (Å²) in [6.45, 7) is 8.60. The molecule has 1 saturated heterocycles. The van der Waals surface area contributed by atoms with Crippen molar-refractivity contribution in [3.63, 3.8) is 0 Å². The van der Waals surface area contributed by atoms with E-state index < -0.39 is 0 Å². The van der Waals surface area contributed by atoms with E-state index in [-0.39, 0.29) is 23.1 Å². The van der Waals surface area contributed by atoms with Gasteiger partial charge in [-0.15, -0.1) is 0 Å². The maximum absolute atomic E-state index is 12.9. The summed E-state index contributed by atoms with van der Waals surface area (Å²) in [6.07, 6.45) is 4.61. The third-order valence-electron chi connectivity index (χ3n) is 6.63. The van der Waals surface area contributed by atoms with E-state index in [4.69, 9.17) is 4.42 Å². The first-order valence-electron chi connectivity index (χ1n) is 11.6. The Morgan fingerprint density at radius 1 is 1.03 bits per heavy atom. The molecule has 0 saturated carbocycles. The standard InChI is InChI=1S/C27H32N2O3/c1-4-20-8-10-21(11-9-20)23(29-12-6-5-7-13-29)17-28-27(31)26-16-24(30)22-14-18(2)19(3)15-25(22)32-26/h8-11,14-16,23H,4-7,12-13,17H2,1-3H3,(H,28,31)/t23-/m1/s1. The van der Waals surface area contributed by atoms with Gasteiger partial charge in [0.15, 0.2) is 11.2 Å². The summed E-state index contributed by atoms with van der Waals surface area (Å²) >= 11 is 0. The van der Waals surface area contributed by atoms with Gasteiger partial charge in [-0.1, -0.05) is 37.6 Å². The van der Waals surface area contributed by atoms with Crippen molar-refractivity contribution in [2.75, 3.05) is 19.6 Å². The topological polar surface area (TPSA) is 62.6 Å². The van der Waals surface area contributed by atoms with Crippen LogP contribution in [-0.4, -0.2) is 30.4 Å². The fourth-order valence-corrected chi connectivity index (χ4v) is 4.46. The number of piperidine rings is 1. The van der Waals surface area contributed by atoms with E-state index in [1.165, 1.54) is 36.5 Å². The molecule has 0 aliphatic carbocycles. The number of nitrogens with one attached hydrogen (secondary N) is 1. The van der Waals surface area contributed by atoms with Gasteiger partial charge in [-0.25, -0.2) is 0 Å². The van der Waals surface area contributed by atoms with Crippen molar-refractivity contribution < 1.29 is 9.21 Å². The van der Waals surface area contributed by atoms with Crippen molar-refractivity contribution in [2.24, 2.45) is 0 Å². The Morgan fingerprint density at radius 3 is 2.41 bits per heavy atom. The van der Waals surface area contributed by atoms with Crippen molar-refractivity contribution in [3.8, 4) is 0 Å². The Balaban J connectivity index is 1.56. The van der Waals surface area contributed by atoms with E-state index in [0.29, 0.717) is 17.5 Å². The van der Waals surface area contributed by atoms with E-state index in [1.54, 1.807) is 0 Å². The minimum Gasteiger partial charge on any atom is -0.451 e. The molecular formula is C27H32N2O3. The number of rotatable bonds is 6. The lowest BCUT2D eigenvalue weighted by Gasteiger charge is -2.35. The van der Waals surface area contributed by atoms with E-state index >= 15 is 0 Å². The van der Waals surface area contributed by atoms with Crippen LogP contribution >= 0.6 is 0 Å². The molecule has 0 radical (unpaired) electrons. The van der Waals surface area contributed by atoms with Gasteiger partial charge < -0.3 is 9.73 Å². The minimum atomic E-state index is -0.352. The van der Waals surface area contributed by atoms with Gasteiger partial charge in [-0.2, -0.15) is 0 Å². The Bertz CT molecular complexity index is 1160. The van der Waals surface area contributed by atoms with Crippen LogP contribution in [0.5, 0.6) is 0 Å². The lowest BCUT2D eigenvalue weighted by atomic mass is 9.99. The number of aryl methyl sites for hydroxylation is 3. The second kappa shape index (κ2) is 9.70. The molecule has 168 valence electrons. The number of benzene rings is 2. The first-order chi connectivity index (χ1) is 15.5. The summed E-state index contributed by atoms with van der Waals surface area (Å²) in [4.78, 5) is 28.0. The quantitative estimate of drug-likeness (QED) is 0.600. The number of carbonyl (C=O) groups is 1. The van der Waals surface area contributed by atoms with Crippen molar-refractivity contribution in [2.45, 2.75) is 52.5 Å². The lowest BCUT2D eigenvalue weighted by Crippen LogP contribution is -2.40. The molecule has 1 aliphatic heterocycles. The Labute approximate surface area is 189 Å². The summed E-state index contributed by atoms with van der Waals surface area (Å²) < 4.78 is 5.83. The molecule has 1 atom stereocenters. The zero-order valence-corrected chi connectivity index (χ0v) is 19.2. The highest BCUT2D eigenvalue weighted by Gasteiger charge is 2.24. The monoisotopic (exact) mass is 432 g/mol. The van der Waals surface area contributed by atoms with Crippen LogP contribution in [0.25, 0.3) is 11.0 Å². The third kappa shape index (κ3) is 4.78. The van der Waals surface area contributed by atoms with E-state index in [9.17, 15) is 9.59 Å². The first-order valence-corrected chi connectivity index (χ1v) is 11.6. The fourth-order valence-electron chi connectivity index (χ4n) is 4.46. The number of hydrogen-bond acceptors (Lipinski definition) is 4. The van der Waals surface area contributed by atoms with Gasteiger partial charge >= 0.3 is 0 Å². The molecule has 2 heterocycles. The normalized spacial score (nSPS) is 15.6. The molecule has 2 aromatic carbocycles. The molecule has 32 heavy (non-hydrogen) atoms. The highest BCUT2D eigenvalue weighted by molar-refractivity contribution is 5.93. The minimum absolute atomic E-state index is 0.0597. The van der Waals surface area contributed by atoms with Gasteiger partial charge in [-0.05, 0) is 80.6 Å². The smallest absolute Gasteiger partial charge is 0.287 e. The molecule has 1 N–H and O–H groups in total. The van der Waals surface area contributed by atoms with Crippen LogP contribution in [0, 0.1) is 13.8 Å². The van der Waals surface area contributed by atoms with Crippen molar-refractivity contribution >= 4 is 16.9 Å². The lowest BCUT2D eigenvalue weighted by molar-refractivity contribution is 0.0897. The maximum atomic E-state index is 12.9. The average Bonchev–Trinajstić information content (AvgIpc) is 2.81. The first kappa shape index (κ1) is 22.3. The molecule has 3 aromatic rings. The van der Waals surface area contributed by atoms with Crippen molar-refractivity contribution in [3.05, 3.63) is 80.7 Å². The highest BCUT2D eigenvalue weighted by Crippen LogP contribution is 2.25. The molecule has 5 nitrogen and oxygen atoms in total. The Hall–Kier alpha value is -2.92. The van der Waals surface area contributed by atoms with Crippen molar-refractivity contribution in [1.82, 2.24) is 10.2 Å². The van der Waals surface area contributed by atoms with Crippen LogP contribution in [0.4, 0.5) is 0 Å². The molecule has 0 bridgehead atoms. The molecule has 1 fully saturated rings. The highest BCUT2D eigenvalue weighted by atomic mass is 16.3. The molecule has 4 rings (SSSR count). The molecule has 0 unspecified atom stereocenters. The van der Waals surface area contributed by atoms with Crippen LogP contribution in [0.1, 0.15) is 65.0 Å². The van der Waals surface area contributed by atoms with Gasteiger partial charge in [-0.3, -0.25) is 14.5 Å². The number of hydrogen-bond donors (Lipinski definition) is 1. The molecule has 1 amide bonds. The van der Waals surface area contributed by atoms with E-state index in [1.807, 2.05) is 26.0 Å². The summed E-state index contributed by atoms with van der Waals surface area (Å²) in [5, 5.41) is 3.53. The summed E-state index contributed by atoms with van der Waals surface area (Å²) in [5.74, 6) is -0.293. The third-order valence-corrected chi connectivity index (χ3v) is 6.63. The maximum Gasteiger partial charge on any atom is 0.287 e. The second-order valence-electron chi connectivity index (χ2n) is 8.83. The molecular weight excluding hydrogens is 400 g/mol. The van der Waals surface area contributed by atoms with Gasteiger partial charge in [0.25, 0.3) is 5.91 Å². The zero-order chi connectivity index (χ0) is 22.7. The summed E-state index contributed by atoms with van der Waals surface area (Å²) in [7, 11) is 0. The SMILES string of the molecule is CCc1ccc([C@@H](CNC(=O)c2cc(=O)c3cc(C)c(C)cc3o2)N2CCCCC2)cc1. The fraction of sp³-hybridized carbons (Fsp3) is 0.407. The number of nitrogens with zero attached hydrogens (tertiary/aromatic N) is 1. The Morgan fingerprint density at radius 2 is 1.72 bits per heavy atom. The predicted octanol–water partition coefficient (Wildman–Crippen LogP) is 4.93. The second-order valence-corrected chi connectivity index (χ2v) is 8.83. The Kier molecular flexibility index (Phi) is 6.75. The zero-order valence-electron chi connectivity index (χ0n) is 19.2. The van der Waals surface area contributed by atoms with Crippen LogP contribution in [-0.2, 0) is 6.42 Å². The number of likely N-dealkylation sites (tertiary alicyclic amines) is 1. The number of amides is 1. The molecule has 1 aromatic heterocycles. The average molecular weight is 433 g/mol. The van der Waals surface area contributed by atoms with Crippen LogP contribution in [0.15, 0.2) is 51.7 Å². The van der Waals surface area contributed by atoms with Crippen LogP contribution < -0.4 is 10.7 Å². The predicted molar refractivity (Wildman–Crippen MR) is 128 cm³/mol. The molecule has 0 spiro atoms. The van der Waals surface area contributed by atoms with Crippen LogP contribution in [0.3, 0.4) is 0 Å². The van der Waals surface area contributed by atoms with Gasteiger partial charge in [0.2, 0.25) is 0 Å². The summed E-state index contributed by atoms with van der Waals surface area (Å²) in [6, 6.07) is 13.7. The number of fused-ring (bicyclic) bond motifs is 1. The van der Waals surface area contributed by atoms with E-state index in [2.05, 4.69) is 41.4 Å². The molecule has 1 aliphatic rings. The number of carbonyl (C=O) groups excluding carboxylic acids is 1. The summed E-state index contributed by atoms with van der Waals surface area (Å²) in [5.41, 5.74) is 4.82. The largest absolute Gasteiger partial charge is 0.451 e. The van der Waals surface area contributed by atoms with Gasteiger partial charge in [0, 0.05) is 12.6 Å². The van der Waals surface area contributed by atoms with Crippen molar-refractivity contribution in [1.29, 1.82) is 0 Å². The van der Waals surface area contributed by atoms with Crippen LogP contribution in [0.2, 0.25) is 0 Å². The van der Waals surface area contributed by atoms with E-state index in [0.717, 1.165) is 30.6 Å². The molecule has 5 heteroatoms.